The van der Waals surface area contributed by atoms with Crippen molar-refractivity contribution in [3.63, 3.8) is 0 Å². The maximum Gasteiger partial charge on any atom is 0.237 e. The SMILES string of the molecule is CCNCCNC(=O)C(SC)c1ccccc1. The van der Waals surface area contributed by atoms with E-state index in [0.29, 0.717) is 6.54 Å². The number of hydrogen-bond acceptors (Lipinski definition) is 3. The smallest absolute Gasteiger partial charge is 0.237 e. The van der Waals surface area contributed by atoms with Crippen molar-refractivity contribution in [1.29, 1.82) is 0 Å². The van der Waals surface area contributed by atoms with Crippen molar-refractivity contribution >= 4 is 17.7 Å². The lowest BCUT2D eigenvalue weighted by Crippen LogP contribution is -2.34. The first-order valence-corrected chi connectivity index (χ1v) is 7.14. The summed E-state index contributed by atoms with van der Waals surface area (Å²) in [5.41, 5.74) is 1.06. The molecule has 1 unspecified atom stereocenters. The van der Waals surface area contributed by atoms with Crippen LogP contribution in [0.4, 0.5) is 0 Å². The Labute approximate surface area is 107 Å². The van der Waals surface area contributed by atoms with Crippen molar-refractivity contribution in [2.45, 2.75) is 12.2 Å². The van der Waals surface area contributed by atoms with Crippen LogP contribution in [0, 0.1) is 0 Å². The van der Waals surface area contributed by atoms with Crippen molar-refractivity contribution in [3.05, 3.63) is 35.9 Å². The minimum atomic E-state index is -0.113. The minimum absolute atomic E-state index is 0.0848. The zero-order chi connectivity index (χ0) is 12.5. The fourth-order valence-corrected chi connectivity index (χ4v) is 2.29. The number of hydrogen-bond donors (Lipinski definition) is 2. The van der Waals surface area contributed by atoms with Crippen LogP contribution in [0.2, 0.25) is 0 Å². The summed E-state index contributed by atoms with van der Waals surface area (Å²) in [5, 5.41) is 6.01. The average molecular weight is 252 g/mol. The summed E-state index contributed by atoms with van der Waals surface area (Å²) in [6.45, 7) is 4.48. The molecule has 1 aromatic rings. The molecule has 0 heterocycles. The maximum atomic E-state index is 12.0. The second kappa shape index (κ2) is 8.14. The Morgan fingerprint density at radius 3 is 2.59 bits per heavy atom. The van der Waals surface area contributed by atoms with Gasteiger partial charge in [0.25, 0.3) is 0 Å². The number of likely N-dealkylation sites (N-methyl/N-ethyl adjacent to an activating group) is 1. The number of carbonyl (C=O) groups excluding carboxylic acids is 1. The summed E-state index contributed by atoms with van der Waals surface area (Å²) in [7, 11) is 0. The predicted octanol–water partition coefficient (Wildman–Crippen LogP) is 1.82. The van der Waals surface area contributed by atoms with E-state index in [2.05, 4.69) is 17.6 Å². The Morgan fingerprint density at radius 2 is 2.00 bits per heavy atom. The Balaban J connectivity index is 2.48. The van der Waals surface area contributed by atoms with Gasteiger partial charge in [-0.2, -0.15) is 0 Å². The van der Waals surface area contributed by atoms with E-state index in [1.165, 1.54) is 0 Å². The normalized spacial score (nSPS) is 12.1. The summed E-state index contributed by atoms with van der Waals surface area (Å²) in [6.07, 6.45) is 1.96. The van der Waals surface area contributed by atoms with Gasteiger partial charge in [-0.25, -0.2) is 0 Å². The molecule has 1 amide bonds. The summed E-state index contributed by atoms with van der Waals surface area (Å²) < 4.78 is 0. The third kappa shape index (κ3) is 4.79. The van der Waals surface area contributed by atoms with Gasteiger partial charge in [0.2, 0.25) is 5.91 Å². The van der Waals surface area contributed by atoms with E-state index in [1.807, 2.05) is 36.6 Å². The number of carbonyl (C=O) groups is 1. The van der Waals surface area contributed by atoms with Crippen LogP contribution in [-0.4, -0.2) is 31.8 Å². The van der Waals surface area contributed by atoms with Crippen LogP contribution in [-0.2, 0) is 4.79 Å². The quantitative estimate of drug-likeness (QED) is 0.727. The zero-order valence-electron chi connectivity index (χ0n) is 10.4. The van der Waals surface area contributed by atoms with Gasteiger partial charge in [0, 0.05) is 13.1 Å². The first-order chi connectivity index (χ1) is 8.29. The van der Waals surface area contributed by atoms with Gasteiger partial charge in [0.05, 0.1) is 0 Å². The molecule has 1 atom stereocenters. The van der Waals surface area contributed by atoms with Crippen molar-refractivity contribution < 1.29 is 4.79 Å². The third-order valence-electron chi connectivity index (χ3n) is 2.43. The number of benzene rings is 1. The van der Waals surface area contributed by atoms with E-state index in [4.69, 9.17) is 0 Å². The summed E-state index contributed by atoms with van der Waals surface area (Å²) in [5.74, 6) is 0.0848. The first-order valence-electron chi connectivity index (χ1n) is 5.85. The Hall–Kier alpha value is -1.00. The molecule has 0 fully saturated rings. The molecule has 1 aromatic carbocycles. The second-order valence-corrected chi connectivity index (χ2v) is 4.61. The maximum absolute atomic E-state index is 12.0. The number of amides is 1. The highest BCUT2D eigenvalue weighted by molar-refractivity contribution is 7.99. The van der Waals surface area contributed by atoms with Gasteiger partial charge < -0.3 is 10.6 Å². The molecule has 0 aliphatic carbocycles. The summed E-state index contributed by atoms with van der Waals surface area (Å²) >= 11 is 1.56. The topological polar surface area (TPSA) is 41.1 Å². The van der Waals surface area contributed by atoms with Gasteiger partial charge in [-0.1, -0.05) is 37.3 Å². The predicted molar refractivity (Wildman–Crippen MR) is 74.3 cm³/mol. The molecule has 3 nitrogen and oxygen atoms in total. The minimum Gasteiger partial charge on any atom is -0.354 e. The molecule has 0 radical (unpaired) electrons. The van der Waals surface area contributed by atoms with Crippen LogP contribution in [0.15, 0.2) is 30.3 Å². The molecule has 1 rings (SSSR count). The van der Waals surface area contributed by atoms with Crippen LogP contribution in [0.1, 0.15) is 17.7 Å². The lowest BCUT2D eigenvalue weighted by atomic mass is 10.1. The van der Waals surface area contributed by atoms with Crippen LogP contribution < -0.4 is 10.6 Å². The van der Waals surface area contributed by atoms with E-state index in [1.54, 1.807) is 11.8 Å². The molecule has 0 saturated heterocycles. The molecule has 0 aliphatic heterocycles. The number of nitrogens with one attached hydrogen (secondary N) is 2. The molecule has 0 spiro atoms. The average Bonchev–Trinajstić information content (AvgIpc) is 2.37. The van der Waals surface area contributed by atoms with Crippen molar-refractivity contribution in [2.75, 3.05) is 25.9 Å². The molecule has 2 N–H and O–H groups in total. The highest BCUT2D eigenvalue weighted by Crippen LogP contribution is 2.26. The fraction of sp³-hybridized carbons (Fsp3) is 0.462. The Kier molecular flexibility index (Phi) is 6.74. The molecule has 17 heavy (non-hydrogen) atoms. The highest BCUT2D eigenvalue weighted by Gasteiger charge is 2.18. The van der Waals surface area contributed by atoms with Crippen LogP contribution >= 0.6 is 11.8 Å². The van der Waals surface area contributed by atoms with Crippen molar-refractivity contribution in [1.82, 2.24) is 10.6 Å². The van der Waals surface area contributed by atoms with Crippen LogP contribution in [0.3, 0.4) is 0 Å². The van der Waals surface area contributed by atoms with E-state index in [0.717, 1.165) is 18.7 Å². The van der Waals surface area contributed by atoms with E-state index in [9.17, 15) is 4.79 Å². The number of rotatable bonds is 7. The molecule has 0 saturated carbocycles. The summed E-state index contributed by atoms with van der Waals surface area (Å²) in [4.78, 5) is 12.0. The number of thioether (sulfide) groups is 1. The molecular formula is C13H20N2OS. The van der Waals surface area contributed by atoms with Gasteiger partial charge in [0.1, 0.15) is 5.25 Å². The standard InChI is InChI=1S/C13H20N2OS/c1-3-14-9-10-15-13(16)12(17-2)11-7-5-4-6-8-11/h4-8,12,14H,3,9-10H2,1-2H3,(H,15,16). The zero-order valence-corrected chi connectivity index (χ0v) is 11.2. The van der Waals surface area contributed by atoms with Gasteiger partial charge in [-0.3, -0.25) is 4.79 Å². The van der Waals surface area contributed by atoms with Crippen LogP contribution in [0.25, 0.3) is 0 Å². The van der Waals surface area contributed by atoms with Gasteiger partial charge in [0.15, 0.2) is 0 Å². The van der Waals surface area contributed by atoms with E-state index >= 15 is 0 Å². The van der Waals surface area contributed by atoms with Crippen molar-refractivity contribution in [2.24, 2.45) is 0 Å². The van der Waals surface area contributed by atoms with E-state index in [-0.39, 0.29) is 11.2 Å². The van der Waals surface area contributed by atoms with E-state index < -0.39 is 0 Å². The van der Waals surface area contributed by atoms with Crippen molar-refractivity contribution in [3.8, 4) is 0 Å². The second-order valence-electron chi connectivity index (χ2n) is 3.67. The van der Waals surface area contributed by atoms with Gasteiger partial charge >= 0.3 is 0 Å². The van der Waals surface area contributed by atoms with Gasteiger partial charge in [-0.15, -0.1) is 11.8 Å². The first kappa shape index (κ1) is 14.1. The summed E-state index contributed by atoms with van der Waals surface area (Å²) in [6, 6.07) is 9.87. The fourth-order valence-electron chi connectivity index (χ4n) is 1.57. The molecule has 0 bridgehead atoms. The molecule has 4 heteroatoms. The van der Waals surface area contributed by atoms with Gasteiger partial charge in [-0.05, 0) is 18.4 Å². The largest absolute Gasteiger partial charge is 0.354 e. The lowest BCUT2D eigenvalue weighted by Gasteiger charge is -2.14. The Bertz CT molecular complexity index is 329. The Morgan fingerprint density at radius 1 is 1.29 bits per heavy atom. The molecule has 0 aliphatic rings. The lowest BCUT2D eigenvalue weighted by molar-refractivity contribution is -0.120. The molecule has 94 valence electrons. The monoisotopic (exact) mass is 252 g/mol. The molecular weight excluding hydrogens is 232 g/mol. The third-order valence-corrected chi connectivity index (χ3v) is 3.38. The van der Waals surface area contributed by atoms with Crippen LogP contribution in [0.5, 0.6) is 0 Å². The highest BCUT2D eigenvalue weighted by atomic mass is 32.2. The molecule has 0 aromatic heterocycles.